The van der Waals surface area contributed by atoms with Crippen LogP contribution in [0.15, 0.2) is 39.6 Å². The molecule has 1 unspecified atom stereocenters. The molecular formula is C14H18N2O4S. The summed E-state index contributed by atoms with van der Waals surface area (Å²) in [4.78, 5) is 0.0364. The van der Waals surface area contributed by atoms with Crippen LogP contribution in [0.2, 0.25) is 0 Å². The van der Waals surface area contributed by atoms with Crippen LogP contribution in [0.1, 0.15) is 24.5 Å². The molecule has 7 heteroatoms. The Hall–Kier alpha value is -1.99. The van der Waals surface area contributed by atoms with Crippen LogP contribution in [0.3, 0.4) is 0 Å². The number of anilines is 1. The molecule has 0 bridgehead atoms. The van der Waals surface area contributed by atoms with Crippen molar-refractivity contribution in [2.75, 3.05) is 12.8 Å². The molecule has 0 fully saturated rings. The van der Waals surface area contributed by atoms with E-state index < -0.39 is 16.1 Å². The zero-order valence-electron chi connectivity index (χ0n) is 12.1. The molecule has 1 aromatic heterocycles. The minimum Gasteiger partial charge on any atom is -0.495 e. The van der Waals surface area contributed by atoms with E-state index in [0.717, 1.165) is 5.76 Å². The number of nitrogens with two attached hydrogens (primary N) is 1. The molecule has 21 heavy (non-hydrogen) atoms. The van der Waals surface area contributed by atoms with Crippen molar-refractivity contribution in [3.63, 3.8) is 0 Å². The second-order valence-corrected chi connectivity index (χ2v) is 6.38. The van der Waals surface area contributed by atoms with Gasteiger partial charge in [0.15, 0.2) is 0 Å². The number of hydrogen-bond donors (Lipinski definition) is 2. The fourth-order valence-electron chi connectivity index (χ4n) is 1.95. The molecular weight excluding hydrogens is 292 g/mol. The third-order valence-electron chi connectivity index (χ3n) is 3.00. The van der Waals surface area contributed by atoms with Gasteiger partial charge >= 0.3 is 0 Å². The van der Waals surface area contributed by atoms with Crippen LogP contribution in [-0.4, -0.2) is 15.5 Å². The van der Waals surface area contributed by atoms with E-state index in [9.17, 15) is 8.42 Å². The number of furan rings is 1. The molecule has 0 amide bonds. The molecule has 0 aliphatic carbocycles. The maximum absolute atomic E-state index is 12.4. The fraction of sp³-hybridized carbons (Fsp3) is 0.286. The van der Waals surface area contributed by atoms with Crippen molar-refractivity contribution in [2.24, 2.45) is 0 Å². The third kappa shape index (κ3) is 3.37. The van der Waals surface area contributed by atoms with Crippen LogP contribution < -0.4 is 15.2 Å². The average molecular weight is 310 g/mol. The van der Waals surface area contributed by atoms with Gasteiger partial charge in [-0.1, -0.05) is 0 Å². The lowest BCUT2D eigenvalue weighted by Gasteiger charge is -2.14. The van der Waals surface area contributed by atoms with E-state index >= 15 is 0 Å². The van der Waals surface area contributed by atoms with Crippen LogP contribution in [0.25, 0.3) is 0 Å². The molecule has 0 radical (unpaired) electrons. The highest BCUT2D eigenvalue weighted by atomic mass is 32.2. The van der Waals surface area contributed by atoms with Crippen molar-refractivity contribution in [1.82, 2.24) is 4.72 Å². The largest absolute Gasteiger partial charge is 0.495 e. The SMILES string of the molecule is COc1cc(N)ccc1S(=O)(=O)NC(C)c1ccc(C)o1. The molecule has 0 aliphatic heterocycles. The van der Waals surface area contributed by atoms with E-state index in [4.69, 9.17) is 14.9 Å². The molecule has 2 aromatic rings. The molecule has 0 saturated carbocycles. The molecule has 1 heterocycles. The highest BCUT2D eigenvalue weighted by Crippen LogP contribution is 2.27. The lowest BCUT2D eigenvalue weighted by molar-refractivity contribution is 0.401. The van der Waals surface area contributed by atoms with Crippen LogP contribution in [0.5, 0.6) is 5.75 Å². The first kappa shape index (κ1) is 15.4. The summed E-state index contributed by atoms with van der Waals surface area (Å²) in [6, 6.07) is 7.42. The third-order valence-corrected chi connectivity index (χ3v) is 4.58. The van der Waals surface area contributed by atoms with E-state index in [-0.39, 0.29) is 10.6 Å². The molecule has 114 valence electrons. The molecule has 0 saturated heterocycles. The van der Waals surface area contributed by atoms with Crippen molar-refractivity contribution in [1.29, 1.82) is 0 Å². The van der Waals surface area contributed by atoms with Gasteiger partial charge in [-0.05, 0) is 38.1 Å². The van der Waals surface area contributed by atoms with Gasteiger partial charge in [0.1, 0.15) is 22.2 Å². The predicted molar refractivity (Wildman–Crippen MR) is 79.6 cm³/mol. The van der Waals surface area contributed by atoms with Gasteiger partial charge in [-0.3, -0.25) is 0 Å². The first-order chi connectivity index (χ1) is 9.83. The van der Waals surface area contributed by atoms with Crippen molar-refractivity contribution in [2.45, 2.75) is 24.8 Å². The molecule has 1 atom stereocenters. The second-order valence-electron chi connectivity index (χ2n) is 4.70. The first-order valence-corrected chi connectivity index (χ1v) is 7.84. The Morgan fingerprint density at radius 1 is 1.29 bits per heavy atom. The van der Waals surface area contributed by atoms with Crippen LogP contribution in [-0.2, 0) is 10.0 Å². The van der Waals surface area contributed by atoms with Gasteiger partial charge in [0.25, 0.3) is 0 Å². The minimum absolute atomic E-state index is 0.0364. The highest BCUT2D eigenvalue weighted by molar-refractivity contribution is 7.89. The molecule has 0 spiro atoms. The van der Waals surface area contributed by atoms with E-state index in [1.807, 2.05) is 0 Å². The summed E-state index contributed by atoms with van der Waals surface area (Å²) in [6.45, 7) is 3.51. The summed E-state index contributed by atoms with van der Waals surface area (Å²) < 4.78 is 37.9. The Morgan fingerprint density at radius 3 is 2.57 bits per heavy atom. The normalized spacial score (nSPS) is 13.1. The van der Waals surface area contributed by atoms with Crippen molar-refractivity contribution >= 4 is 15.7 Å². The van der Waals surface area contributed by atoms with E-state index in [1.54, 1.807) is 26.0 Å². The molecule has 3 N–H and O–H groups in total. The van der Waals surface area contributed by atoms with Gasteiger partial charge in [-0.25, -0.2) is 13.1 Å². The highest BCUT2D eigenvalue weighted by Gasteiger charge is 2.23. The van der Waals surface area contributed by atoms with E-state index in [0.29, 0.717) is 11.4 Å². The lowest BCUT2D eigenvalue weighted by atomic mass is 10.3. The van der Waals surface area contributed by atoms with E-state index in [1.165, 1.54) is 25.3 Å². The van der Waals surface area contributed by atoms with Gasteiger partial charge in [0, 0.05) is 11.8 Å². The van der Waals surface area contributed by atoms with Gasteiger partial charge in [-0.2, -0.15) is 0 Å². The standard InChI is InChI=1S/C14H18N2O4S/c1-9-4-6-12(20-9)10(2)16-21(17,18)14-7-5-11(15)8-13(14)19-3/h4-8,10,16H,15H2,1-3H3. The van der Waals surface area contributed by atoms with Crippen LogP contribution in [0, 0.1) is 6.92 Å². The zero-order valence-corrected chi connectivity index (χ0v) is 12.9. The summed E-state index contributed by atoms with van der Waals surface area (Å²) in [6.07, 6.45) is 0. The van der Waals surface area contributed by atoms with Gasteiger partial charge in [-0.15, -0.1) is 0 Å². The first-order valence-electron chi connectivity index (χ1n) is 6.35. The number of benzene rings is 1. The predicted octanol–water partition coefficient (Wildman–Crippen LogP) is 2.22. The topological polar surface area (TPSA) is 94.6 Å². The number of rotatable bonds is 5. The summed E-state index contributed by atoms with van der Waals surface area (Å²) >= 11 is 0. The number of ether oxygens (including phenoxy) is 1. The zero-order chi connectivity index (χ0) is 15.6. The Labute approximate surface area is 124 Å². The summed E-state index contributed by atoms with van der Waals surface area (Å²) in [7, 11) is -2.35. The number of nitrogen functional groups attached to an aromatic ring is 1. The number of nitrogens with one attached hydrogen (secondary N) is 1. The molecule has 1 aromatic carbocycles. The van der Waals surface area contributed by atoms with Crippen LogP contribution in [0.4, 0.5) is 5.69 Å². The Kier molecular flexibility index (Phi) is 4.24. The van der Waals surface area contributed by atoms with Crippen molar-refractivity contribution in [3.05, 3.63) is 41.9 Å². The van der Waals surface area contributed by atoms with Gasteiger partial charge in [0.2, 0.25) is 10.0 Å². The lowest BCUT2D eigenvalue weighted by Crippen LogP contribution is -2.27. The maximum atomic E-state index is 12.4. The number of sulfonamides is 1. The Bertz CT molecular complexity index is 737. The number of aryl methyl sites for hydroxylation is 1. The summed E-state index contributed by atoms with van der Waals surface area (Å²) in [5.41, 5.74) is 6.06. The minimum atomic E-state index is -3.75. The summed E-state index contributed by atoms with van der Waals surface area (Å²) in [5.74, 6) is 1.47. The Morgan fingerprint density at radius 2 is 2.00 bits per heavy atom. The fourth-order valence-corrected chi connectivity index (χ4v) is 3.31. The molecule has 6 nitrogen and oxygen atoms in total. The van der Waals surface area contributed by atoms with E-state index in [2.05, 4.69) is 4.72 Å². The monoisotopic (exact) mass is 310 g/mol. The second kappa shape index (κ2) is 5.79. The smallest absolute Gasteiger partial charge is 0.244 e. The number of methoxy groups -OCH3 is 1. The van der Waals surface area contributed by atoms with Gasteiger partial charge < -0.3 is 14.9 Å². The Balaban J connectivity index is 2.30. The number of hydrogen-bond acceptors (Lipinski definition) is 5. The molecule has 0 aliphatic rings. The quantitative estimate of drug-likeness (QED) is 0.826. The molecule has 2 rings (SSSR count). The summed E-state index contributed by atoms with van der Waals surface area (Å²) in [5, 5.41) is 0. The maximum Gasteiger partial charge on any atom is 0.244 e. The van der Waals surface area contributed by atoms with Gasteiger partial charge in [0.05, 0.1) is 13.2 Å². The van der Waals surface area contributed by atoms with Crippen LogP contribution >= 0.6 is 0 Å². The van der Waals surface area contributed by atoms with Crippen molar-refractivity contribution < 1.29 is 17.6 Å². The average Bonchev–Trinajstić information content (AvgIpc) is 2.84. The van der Waals surface area contributed by atoms with Crippen molar-refractivity contribution in [3.8, 4) is 5.75 Å².